The van der Waals surface area contributed by atoms with Gasteiger partial charge < -0.3 is 9.82 Å². The van der Waals surface area contributed by atoms with Gasteiger partial charge in [-0.15, -0.1) is 10.8 Å². The topological polar surface area (TPSA) is 175 Å². The van der Waals surface area contributed by atoms with Crippen LogP contribution in [-0.4, -0.2) is 55.0 Å². The van der Waals surface area contributed by atoms with Crippen molar-refractivity contribution in [2.24, 2.45) is 0 Å². The van der Waals surface area contributed by atoms with Gasteiger partial charge in [-0.3, -0.25) is 18.6 Å². The Kier molecular flexibility index (Phi) is 9.15. The van der Waals surface area contributed by atoms with Crippen molar-refractivity contribution in [1.82, 2.24) is 24.1 Å². The molecule has 1 aliphatic rings. The number of sulfonamides is 1. The van der Waals surface area contributed by atoms with Crippen molar-refractivity contribution in [2.75, 3.05) is 0 Å². The van der Waals surface area contributed by atoms with Crippen LogP contribution in [-0.2, 0) is 30.9 Å². The summed E-state index contributed by atoms with van der Waals surface area (Å²) in [5, 5.41) is -0.828. The summed E-state index contributed by atoms with van der Waals surface area (Å²) in [5.41, 5.74) is 1.23. The molecule has 2 aromatic heterocycles. The molecule has 3 heterocycles. The summed E-state index contributed by atoms with van der Waals surface area (Å²) >= 11 is 15.0. The van der Waals surface area contributed by atoms with E-state index in [0.717, 1.165) is 12.3 Å². The first-order valence-electron chi connectivity index (χ1n) is 12.4. The number of hydrogen-bond acceptors (Lipinski definition) is 9. The van der Waals surface area contributed by atoms with E-state index in [4.69, 9.17) is 23.2 Å². The average molecular weight is 773 g/mol. The Morgan fingerprint density at radius 3 is 2.47 bits per heavy atom. The Labute approximate surface area is 272 Å². The number of amides is 1. The van der Waals surface area contributed by atoms with E-state index in [-0.39, 0.29) is 36.9 Å². The maximum atomic E-state index is 13.9. The van der Waals surface area contributed by atoms with Crippen molar-refractivity contribution < 1.29 is 45.1 Å². The number of pyridine rings is 1. The molecule has 4 N–H and O–H groups in total. The molecule has 1 unspecified atom stereocenters. The summed E-state index contributed by atoms with van der Waals surface area (Å²) in [6.45, 7) is 0. The lowest BCUT2D eigenvalue weighted by Crippen LogP contribution is -2.42. The molecule has 1 saturated heterocycles. The summed E-state index contributed by atoms with van der Waals surface area (Å²) in [7, 11) is -8.59. The second-order valence-electron chi connectivity index (χ2n) is 9.64. The predicted molar refractivity (Wildman–Crippen MR) is 160 cm³/mol. The van der Waals surface area contributed by atoms with Crippen LogP contribution in [0.25, 0.3) is 11.0 Å². The maximum Gasteiger partial charge on any atom is 0.492 e. The molecule has 1 fully saturated rings. The van der Waals surface area contributed by atoms with Crippen LogP contribution < -0.4 is 4.72 Å². The molecule has 0 spiro atoms. The summed E-state index contributed by atoms with van der Waals surface area (Å²) in [4.78, 5) is 38.7. The summed E-state index contributed by atoms with van der Waals surface area (Å²) in [6, 6.07) is 9.45. The number of fused-ring (bicyclic) bond motifs is 1. The van der Waals surface area contributed by atoms with Crippen LogP contribution in [0.2, 0.25) is 10.2 Å². The maximum absolute atomic E-state index is 13.9. The first kappa shape index (κ1) is 33.4. The minimum atomic E-state index is -5.59. The van der Waals surface area contributed by atoms with Gasteiger partial charge in [-0.2, -0.15) is 13.2 Å². The van der Waals surface area contributed by atoms with E-state index < -0.39 is 61.5 Å². The predicted octanol–water partition coefficient (Wildman–Crippen LogP) is 6.25. The van der Waals surface area contributed by atoms with E-state index >= 15 is 0 Å². The smallest absolute Gasteiger partial charge is 0.344 e. The largest absolute Gasteiger partial charge is 0.492 e. The van der Waals surface area contributed by atoms with Crippen LogP contribution in [0.15, 0.2) is 64.1 Å². The Morgan fingerprint density at radius 2 is 1.87 bits per heavy atom. The fourth-order valence-corrected chi connectivity index (χ4v) is 8.05. The van der Waals surface area contributed by atoms with Crippen molar-refractivity contribution in [2.45, 2.75) is 35.2 Å². The van der Waals surface area contributed by atoms with E-state index in [1.54, 1.807) is 0 Å². The normalized spacial score (nSPS) is 18.2. The number of imidazole rings is 1. The first-order chi connectivity index (χ1) is 21.0. The lowest BCUT2D eigenvalue weighted by molar-refractivity contribution is -0.227. The molecule has 12 nitrogen and oxygen atoms in total. The van der Waals surface area contributed by atoms with Gasteiger partial charge in [0.25, 0.3) is 10.0 Å². The number of benzene rings is 2. The molecule has 2 aromatic carbocycles. The van der Waals surface area contributed by atoms with Crippen LogP contribution in [0.4, 0.5) is 13.2 Å². The van der Waals surface area contributed by atoms with Gasteiger partial charge in [0, 0.05) is 11.2 Å². The average Bonchev–Trinajstić information content (AvgIpc) is 3.49. The Hall–Kier alpha value is -2.97. The monoisotopic (exact) mass is 771 g/mol. The van der Waals surface area contributed by atoms with Gasteiger partial charge in [0.2, 0.25) is 5.91 Å². The number of carbonyl (C=O) groups excluding carboxylic acids is 2. The Morgan fingerprint density at radius 1 is 1.18 bits per heavy atom. The Balaban J connectivity index is 1.62. The lowest BCUT2D eigenvalue weighted by Gasteiger charge is -2.33. The number of hydrogen-bond donors (Lipinski definition) is 4. The minimum Gasteiger partial charge on any atom is -0.344 e. The molecule has 1 aliphatic heterocycles. The Bertz CT molecular complexity index is 1910. The molecule has 5 rings (SSSR count). The van der Waals surface area contributed by atoms with Gasteiger partial charge in [-0.1, -0.05) is 47.5 Å². The standard InChI is InChI=1S/C25H19BrCl2F3N5O7S2/c26-16-9-15(11-32-22(16)28)45(41,42)36(43-24(38)25(29,30)31)19(23-33-17-6-5-14(27)8-18(17)34-23)7-12-1-3-13(4-2-12)20-10-21(37)35-44(20,39)40/h1-6,8-9,11,19-20,39-40H,7,10H2,(H,33,34)(H,35,37)/t19-,20?/m0/s1. The van der Waals surface area contributed by atoms with Crippen LogP contribution >= 0.6 is 49.9 Å². The number of carbonyl (C=O) groups is 2. The highest BCUT2D eigenvalue weighted by atomic mass is 79.9. The molecule has 1 amide bonds. The lowest BCUT2D eigenvalue weighted by atomic mass is 10.0. The van der Waals surface area contributed by atoms with Crippen molar-refractivity contribution in [3.05, 3.63) is 86.3 Å². The number of nitrogens with zero attached hydrogens (tertiary/aromatic N) is 3. The van der Waals surface area contributed by atoms with Crippen LogP contribution in [0, 0.1) is 0 Å². The van der Waals surface area contributed by atoms with E-state index in [9.17, 15) is 40.3 Å². The number of alkyl halides is 3. The van der Waals surface area contributed by atoms with Crippen molar-refractivity contribution in [3.8, 4) is 0 Å². The third-order valence-corrected chi connectivity index (χ3v) is 11.3. The van der Waals surface area contributed by atoms with Gasteiger partial charge in [-0.05, 0) is 62.2 Å². The molecule has 0 aliphatic carbocycles. The summed E-state index contributed by atoms with van der Waals surface area (Å²) < 4.78 is 90.6. The van der Waals surface area contributed by atoms with E-state index in [0.29, 0.717) is 16.6 Å². The van der Waals surface area contributed by atoms with Crippen molar-refractivity contribution >= 4 is 82.8 Å². The minimum absolute atomic E-state index is 0.0104. The van der Waals surface area contributed by atoms with Gasteiger partial charge in [0.05, 0.1) is 21.9 Å². The molecular weight excluding hydrogens is 754 g/mol. The van der Waals surface area contributed by atoms with Gasteiger partial charge in [0.15, 0.2) is 0 Å². The van der Waals surface area contributed by atoms with E-state index in [1.165, 1.54) is 42.5 Å². The van der Waals surface area contributed by atoms with Crippen LogP contribution in [0.5, 0.6) is 0 Å². The number of aromatic nitrogens is 3. The number of halogens is 6. The zero-order valence-electron chi connectivity index (χ0n) is 22.1. The van der Waals surface area contributed by atoms with Gasteiger partial charge in [0.1, 0.15) is 27.2 Å². The van der Waals surface area contributed by atoms with Crippen LogP contribution in [0.1, 0.15) is 34.7 Å². The number of aromatic amines is 1. The molecule has 2 atom stereocenters. The number of hydroxylamine groups is 1. The highest BCUT2D eigenvalue weighted by Gasteiger charge is 2.47. The molecule has 0 radical (unpaired) electrons. The molecule has 45 heavy (non-hydrogen) atoms. The second-order valence-corrected chi connectivity index (χ2v) is 15.0. The third kappa shape index (κ3) is 7.07. The number of H-pyrrole nitrogens is 1. The fourth-order valence-electron chi connectivity index (χ4n) is 4.46. The number of rotatable bonds is 8. The van der Waals surface area contributed by atoms with E-state index in [1.807, 2.05) is 0 Å². The quantitative estimate of drug-likeness (QED) is 0.119. The zero-order valence-corrected chi connectivity index (χ0v) is 26.9. The molecule has 240 valence electrons. The van der Waals surface area contributed by atoms with Gasteiger partial charge in [-0.25, -0.2) is 23.2 Å². The zero-order chi connectivity index (χ0) is 32.9. The fraction of sp³-hybridized carbons (Fsp3) is 0.200. The highest BCUT2D eigenvalue weighted by molar-refractivity contribution is 9.10. The second kappa shape index (κ2) is 12.3. The summed E-state index contributed by atoms with van der Waals surface area (Å²) in [5.74, 6) is -3.60. The third-order valence-electron chi connectivity index (χ3n) is 6.55. The van der Waals surface area contributed by atoms with Gasteiger partial charge >= 0.3 is 12.1 Å². The SMILES string of the molecule is O=C1CC(c2ccc(C[C@@H](c3nc4ccc(Cl)cc4[nH]3)N(OC(=O)C(F)(F)F)S(=O)(=O)c3cnc(Cl)c(Br)c3)cc2)S(O)(O)N1. The molecule has 4 aromatic rings. The number of nitrogens with one attached hydrogen (secondary N) is 2. The van der Waals surface area contributed by atoms with Crippen molar-refractivity contribution in [1.29, 1.82) is 0 Å². The molecule has 0 saturated carbocycles. The molecular formula is C25H19BrCl2F3N5O7S2. The highest BCUT2D eigenvalue weighted by Crippen LogP contribution is 2.56. The van der Waals surface area contributed by atoms with E-state index in [2.05, 4.69) is 40.4 Å². The first-order valence-corrected chi connectivity index (χ1v) is 17.0. The molecule has 0 bridgehead atoms. The van der Waals surface area contributed by atoms with Crippen molar-refractivity contribution in [3.63, 3.8) is 0 Å². The summed E-state index contributed by atoms with van der Waals surface area (Å²) in [6.07, 6.45) is -5.43. The van der Waals surface area contributed by atoms with Crippen LogP contribution in [0.3, 0.4) is 0 Å². The molecule has 20 heteroatoms.